The van der Waals surface area contributed by atoms with Crippen molar-refractivity contribution < 1.29 is 4.79 Å². The van der Waals surface area contributed by atoms with E-state index < -0.39 is 0 Å². The Morgan fingerprint density at radius 1 is 1.04 bits per heavy atom. The lowest BCUT2D eigenvalue weighted by Gasteiger charge is -2.18. The minimum absolute atomic E-state index is 0. The summed E-state index contributed by atoms with van der Waals surface area (Å²) in [6.45, 7) is 7.75. The van der Waals surface area contributed by atoms with Crippen molar-refractivity contribution in [3.05, 3.63) is 54.1 Å². The number of carbonyl (C=O) groups is 1. The molecule has 1 N–H and O–H groups in total. The van der Waals surface area contributed by atoms with Crippen LogP contribution in [-0.4, -0.2) is 42.0 Å². The maximum Gasteiger partial charge on any atom is 0.253 e. The Hall–Kier alpha value is -2.17. The molecule has 3 rings (SSSR count). The second-order valence-electron chi connectivity index (χ2n) is 5.84. The summed E-state index contributed by atoms with van der Waals surface area (Å²) in [4.78, 5) is 19.6. The van der Waals surface area contributed by atoms with Crippen molar-refractivity contribution in [2.45, 2.75) is 13.8 Å². The molecule has 0 bridgehead atoms. The lowest BCUT2D eigenvalue weighted by molar-refractivity contribution is 0.0950. The Balaban J connectivity index is 0.00000225. The highest BCUT2D eigenvalue weighted by Crippen LogP contribution is 2.22. The minimum atomic E-state index is -0.0597. The summed E-state index contributed by atoms with van der Waals surface area (Å²) in [6, 6.07) is 15.8. The molecule has 0 saturated heterocycles. The summed E-state index contributed by atoms with van der Waals surface area (Å²) in [5, 5.41) is 5.10. The van der Waals surface area contributed by atoms with Crippen molar-refractivity contribution in [1.29, 1.82) is 0 Å². The van der Waals surface area contributed by atoms with Crippen LogP contribution in [0, 0.1) is 0 Å². The molecule has 0 saturated carbocycles. The van der Waals surface area contributed by atoms with E-state index in [0.717, 1.165) is 41.4 Å². The number of para-hydroxylation sites is 2. The van der Waals surface area contributed by atoms with Gasteiger partial charge in [0, 0.05) is 23.9 Å². The summed E-state index contributed by atoms with van der Waals surface area (Å²) in [7, 11) is 0. The number of rotatable bonds is 6. The van der Waals surface area contributed by atoms with E-state index in [9.17, 15) is 4.79 Å². The molecule has 5 heteroatoms. The fourth-order valence-electron chi connectivity index (χ4n) is 2.95. The largest absolute Gasteiger partial charge is 0.351 e. The van der Waals surface area contributed by atoms with Gasteiger partial charge in [-0.1, -0.05) is 44.2 Å². The predicted molar refractivity (Wildman–Crippen MR) is 107 cm³/mol. The average molecular weight is 358 g/mol. The molecule has 0 spiro atoms. The Kier molecular flexibility index (Phi) is 6.73. The molecule has 0 unspecified atom stereocenters. The van der Waals surface area contributed by atoms with Crippen LogP contribution in [0.25, 0.3) is 21.8 Å². The molecule has 25 heavy (non-hydrogen) atoms. The third-order valence-corrected chi connectivity index (χ3v) is 4.40. The highest BCUT2D eigenvalue weighted by molar-refractivity contribution is 6.07. The van der Waals surface area contributed by atoms with Gasteiger partial charge in [-0.2, -0.15) is 0 Å². The summed E-state index contributed by atoms with van der Waals surface area (Å²) in [6.07, 6.45) is 0. The molecule has 3 aromatic rings. The topological polar surface area (TPSA) is 45.2 Å². The first kappa shape index (κ1) is 19.2. The smallest absolute Gasteiger partial charge is 0.253 e. The Bertz CT molecular complexity index is 862. The second-order valence-corrected chi connectivity index (χ2v) is 5.84. The van der Waals surface area contributed by atoms with E-state index >= 15 is 0 Å². The Morgan fingerprint density at radius 2 is 1.76 bits per heavy atom. The van der Waals surface area contributed by atoms with Gasteiger partial charge in [0.15, 0.2) is 0 Å². The van der Waals surface area contributed by atoms with Gasteiger partial charge in [0.05, 0.1) is 16.6 Å². The highest BCUT2D eigenvalue weighted by Gasteiger charge is 2.12. The van der Waals surface area contributed by atoms with E-state index in [0.29, 0.717) is 12.1 Å². The second kappa shape index (κ2) is 8.79. The van der Waals surface area contributed by atoms with E-state index in [4.69, 9.17) is 4.98 Å². The van der Waals surface area contributed by atoms with Crippen molar-refractivity contribution in [3.63, 3.8) is 0 Å². The summed E-state index contributed by atoms with van der Waals surface area (Å²) in [5.41, 5.74) is 2.31. The van der Waals surface area contributed by atoms with Gasteiger partial charge in [0.1, 0.15) is 0 Å². The molecule has 1 aromatic heterocycles. The fourth-order valence-corrected chi connectivity index (χ4v) is 2.95. The van der Waals surface area contributed by atoms with Crippen LogP contribution < -0.4 is 5.32 Å². The molecule has 4 nitrogen and oxygen atoms in total. The van der Waals surface area contributed by atoms with Crippen LogP contribution in [0.15, 0.2) is 48.5 Å². The number of amides is 1. The number of nitrogens with one attached hydrogen (secondary N) is 1. The van der Waals surface area contributed by atoms with Crippen LogP contribution in [0.3, 0.4) is 0 Å². The van der Waals surface area contributed by atoms with Crippen molar-refractivity contribution in [1.82, 2.24) is 15.2 Å². The number of hydrogen-bond donors (Lipinski definition) is 1. The summed E-state index contributed by atoms with van der Waals surface area (Å²) < 4.78 is 0. The van der Waals surface area contributed by atoms with Crippen LogP contribution in [0.5, 0.6) is 0 Å². The molecule has 0 atom stereocenters. The van der Waals surface area contributed by atoms with Crippen molar-refractivity contribution in [2.75, 3.05) is 26.2 Å². The number of benzene rings is 2. The first-order chi connectivity index (χ1) is 11.7. The molecule has 0 aliphatic heterocycles. The number of halogens is 1. The van der Waals surface area contributed by atoms with Crippen LogP contribution in [0.4, 0.5) is 0 Å². The fraction of sp³-hybridized carbons (Fsp3) is 0.300. The van der Waals surface area contributed by atoms with E-state index in [1.54, 1.807) is 0 Å². The lowest BCUT2D eigenvalue weighted by atomic mass is 10.1. The number of hydrogen-bond acceptors (Lipinski definition) is 3. The quantitative estimate of drug-likeness (QED) is 0.681. The molecular formula is C20H24ClN3O. The van der Waals surface area contributed by atoms with Gasteiger partial charge in [0.25, 0.3) is 5.91 Å². The molecule has 2 aromatic carbocycles. The third-order valence-electron chi connectivity index (χ3n) is 4.40. The molecule has 0 aliphatic rings. The van der Waals surface area contributed by atoms with Crippen LogP contribution >= 0.6 is 12.4 Å². The van der Waals surface area contributed by atoms with E-state index in [-0.39, 0.29) is 18.3 Å². The monoisotopic (exact) mass is 357 g/mol. The molecule has 0 radical (unpaired) electrons. The molecule has 132 valence electrons. The van der Waals surface area contributed by atoms with Gasteiger partial charge >= 0.3 is 0 Å². The standard InChI is InChI=1S/C20H23N3O.ClH/c1-3-23(4-2)13-12-21-20(24)17-10-7-9-16-14-15-8-5-6-11-18(15)22-19(16)17;/h5-11,14H,3-4,12-13H2,1-2H3,(H,21,24);1H. The van der Waals surface area contributed by atoms with Gasteiger partial charge in [-0.25, -0.2) is 4.98 Å². The number of carbonyl (C=O) groups excluding carboxylic acids is 1. The van der Waals surface area contributed by atoms with E-state index in [1.165, 1.54) is 0 Å². The van der Waals surface area contributed by atoms with Gasteiger partial charge in [-0.15, -0.1) is 12.4 Å². The number of fused-ring (bicyclic) bond motifs is 2. The SMILES string of the molecule is CCN(CC)CCNC(=O)c1cccc2cc3ccccc3nc12.Cl. The molecule has 0 fully saturated rings. The third kappa shape index (κ3) is 4.27. The first-order valence-corrected chi connectivity index (χ1v) is 8.52. The van der Waals surface area contributed by atoms with Crippen LogP contribution in [0.2, 0.25) is 0 Å². The lowest BCUT2D eigenvalue weighted by Crippen LogP contribution is -2.34. The van der Waals surface area contributed by atoms with Gasteiger partial charge in [-0.05, 0) is 31.3 Å². The molecular weight excluding hydrogens is 334 g/mol. The van der Waals surface area contributed by atoms with Gasteiger partial charge in [0.2, 0.25) is 0 Å². The van der Waals surface area contributed by atoms with Crippen LogP contribution in [0.1, 0.15) is 24.2 Å². The zero-order chi connectivity index (χ0) is 16.9. The maximum absolute atomic E-state index is 12.6. The van der Waals surface area contributed by atoms with Crippen molar-refractivity contribution in [2.24, 2.45) is 0 Å². The number of aromatic nitrogens is 1. The van der Waals surface area contributed by atoms with E-state index in [1.807, 2.05) is 42.5 Å². The zero-order valence-electron chi connectivity index (χ0n) is 14.7. The van der Waals surface area contributed by atoms with Crippen molar-refractivity contribution in [3.8, 4) is 0 Å². The maximum atomic E-state index is 12.6. The Morgan fingerprint density at radius 3 is 2.52 bits per heavy atom. The number of pyridine rings is 1. The zero-order valence-corrected chi connectivity index (χ0v) is 15.5. The highest BCUT2D eigenvalue weighted by atomic mass is 35.5. The van der Waals surface area contributed by atoms with Crippen molar-refractivity contribution >= 4 is 40.1 Å². The normalized spacial score (nSPS) is 10.8. The molecule has 1 amide bonds. The first-order valence-electron chi connectivity index (χ1n) is 8.52. The number of likely N-dealkylation sites (N-methyl/N-ethyl adjacent to an activating group) is 1. The minimum Gasteiger partial charge on any atom is -0.351 e. The average Bonchev–Trinajstić information content (AvgIpc) is 2.63. The van der Waals surface area contributed by atoms with Crippen LogP contribution in [-0.2, 0) is 0 Å². The molecule has 1 heterocycles. The summed E-state index contributed by atoms with van der Waals surface area (Å²) in [5.74, 6) is -0.0597. The summed E-state index contributed by atoms with van der Waals surface area (Å²) >= 11 is 0. The van der Waals surface area contributed by atoms with Gasteiger partial charge in [-0.3, -0.25) is 4.79 Å². The predicted octanol–water partition coefficient (Wildman–Crippen LogP) is 3.88. The number of nitrogens with zero attached hydrogens (tertiary/aromatic N) is 2. The van der Waals surface area contributed by atoms with Gasteiger partial charge < -0.3 is 10.2 Å². The molecule has 0 aliphatic carbocycles. The van der Waals surface area contributed by atoms with E-state index in [2.05, 4.69) is 30.1 Å². The Labute approximate surface area is 154 Å².